The van der Waals surface area contributed by atoms with Crippen LogP contribution in [0.4, 0.5) is 4.79 Å². The van der Waals surface area contributed by atoms with Crippen molar-refractivity contribution in [1.29, 1.82) is 0 Å². The van der Waals surface area contributed by atoms with E-state index in [9.17, 15) is 18.0 Å². The number of aromatic carboxylic acids is 1. The molecule has 1 heterocycles. The number of nitrogens with zero attached hydrogens (tertiary/aromatic N) is 1. The Morgan fingerprint density at radius 2 is 1.81 bits per heavy atom. The van der Waals surface area contributed by atoms with Crippen LogP contribution in [-0.2, 0) is 16.6 Å². The number of hydrogen-bond acceptors (Lipinski definition) is 4. The normalized spacial score (nSPS) is 15.7. The molecule has 0 bridgehead atoms. The summed E-state index contributed by atoms with van der Waals surface area (Å²) in [5, 5.41) is 11.7. The second-order valence-corrected chi connectivity index (χ2v) is 8.23. The van der Waals surface area contributed by atoms with Gasteiger partial charge in [-0.1, -0.05) is 19.1 Å². The number of carbonyl (C=O) groups excluding carboxylic acids is 1. The first kappa shape index (κ1) is 20.2. The minimum absolute atomic E-state index is 0.119. The van der Waals surface area contributed by atoms with Gasteiger partial charge in [-0.3, -0.25) is 0 Å². The van der Waals surface area contributed by atoms with Gasteiger partial charge in [0.15, 0.2) is 0 Å². The number of nitrogens with one attached hydrogen (secondary N) is 2. The Morgan fingerprint density at radius 1 is 1.19 bits per heavy atom. The smallest absolute Gasteiger partial charge is 0.335 e. The average molecular weight is 383 g/mol. The van der Waals surface area contributed by atoms with E-state index in [1.54, 1.807) is 17.0 Å². The molecule has 8 nitrogen and oxygen atoms in total. The van der Waals surface area contributed by atoms with Gasteiger partial charge in [-0.15, -0.1) is 0 Å². The van der Waals surface area contributed by atoms with Crippen LogP contribution < -0.4 is 10.0 Å². The first-order valence-corrected chi connectivity index (χ1v) is 10.3. The molecule has 0 aliphatic carbocycles. The number of sulfonamides is 1. The quantitative estimate of drug-likeness (QED) is 0.658. The highest BCUT2D eigenvalue weighted by Crippen LogP contribution is 2.12. The largest absolute Gasteiger partial charge is 0.478 e. The molecule has 2 amide bonds. The van der Waals surface area contributed by atoms with Crippen LogP contribution >= 0.6 is 0 Å². The highest BCUT2D eigenvalue weighted by atomic mass is 32.2. The fourth-order valence-corrected chi connectivity index (χ4v) is 4.24. The highest BCUT2D eigenvalue weighted by Gasteiger charge is 2.25. The minimum atomic E-state index is -3.24. The molecule has 2 rings (SSSR count). The molecule has 1 fully saturated rings. The van der Waals surface area contributed by atoms with Crippen LogP contribution in [0.2, 0.25) is 0 Å². The van der Waals surface area contributed by atoms with Crippen molar-refractivity contribution >= 4 is 22.0 Å². The van der Waals surface area contributed by atoms with E-state index in [1.165, 1.54) is 12.1 Å². The van der Waals surface area contributed by atoms with Crippen molar-refractivity contribution in [1.82, 2.24) is 14.9 Å². The number of likely N-dealkylation sites (tertiary alicyclic amines) is 1. The molecule has 0 aromatic heterocycles. The fourth-order valence-electron chi connectivity index (χ4n) is 2.84. The van der Waals surface area contributed by atoms with E-state index in [1.807, 2.05) is 6.92 Å². The second-order valence-electron chi connectivity index (χ2n) is 6.36. The van der Waals surface area contributed by atoms with Gasteiger partial charge in [-0.05, 0) is 37.0 Å². The first-order chi connectivity index (χ1) is 12.3. The van der Waals surface area contributed by atoms with Crippen molar-refractivity contribution in [2.24, 2.45) is 0 Å². The summed E-state index contributed by atoms with van der Waals surface area (Å²) in [6, 6.07) is 5.99. The minimum Gasteiger partial charge on any atom is -0.478 e. The molecule has 0 unspecified atom stereocenters. The summed E-state index contributed by atoms with van der Waals surface area (Å²) in [4.78, 5) is 24.7. The Bertz CT molecular complexity index is 725. The lowest BCUT2D eigenvalue weighted by Gasteiger charge is -2.32. The van der Waals surface area contributed by atoms with Gasteiger partial charge in [0.2, 0.25) is 10.0 Å². The molecule has 144 valence electrons. The SMILES string of the molecule is CCCS(=O)(=O)NC1CCN(C(=O)NCc2ccc(C(=O)O)cc2)CC1. The maximum atomic E-state index is 12.2. The van der Waals surface area contributed by atoms with Crippen LogP contribution in [0.15, 0.2) is 24.3 Å². The van der Waals surface area contributed by atoms with Crippen molar-refractivity contribution in [3.63, 3.8) is 0 Å². The number of hydrogen-bond donors (Lipinski definition) is 3. The first-order valence-electron chi connectivity index (χ1n) is 8.65. The summed E-state index contributed by atoms with van der Waals surface area (Å²) in [5.74, 6) is -0.869. The molecule has 9 heteroatoms. The predicted octanol–water partition coefficient (Wildman–Crippen LogP) is 1.39. The van der Waals surface area contributed by atoms with E-state index in [0.717, 1.165) is 5.56 Å². The molecule has 1 aliphatic heterocycles. The molecule has 1 aromatic rings. The number of carboxylic acids is 1. The number of urea groups is 1. The summed E-state index contributed by atoms with van der Waals surface area (Å²) in [6.45, 7) is 3.11. The van der Waals surface area contributed by atoms with Crippen LogP contribution in [0.1, 0.15) is 42.1 Å². The maximum absolute atomic E-state index is 12.2. The van der Waals surface area contributed by atoms with Crippen molar-refractivity contribution in [3.8, 4) is 0 Å². The number of piperidine rings is 1. The number of amides is 2. The molecule has 0 saturated carbocycles. The molecule has 0 atom stereocenters. The third kappa shape index (κ3) is 5.99. The summed E-state index contributed by atoms with van der Waals surface area (Å²) in [5.41, 5.74) is 1.01. The summed E-state index contributed by atoms with van der Waals surface area (Å²) >= 11 is 0. The van der Waals surface area contributed by atoms with Gasteiger partial charge in [0.05, 0.1) is 11.3 Å². The molecular formula is C17H25N3O5S. The zero-order chi connectivity index (χ0) is 19.2. The number of benzene rings is 1. The van der Waals surface area contributed by atoms with E-state index >= 15 is 0 Å². The fraction of sp³-hybridized carbons (Fsp3) is 0.529. The third-order valence-corrected chi connectivity index (χ3v) is 5.88. The Morgan fingerprint density at radius 3 is 2.35 bits per heavy atom. The van der Waals surface area contributed by atoms with E-state index in [-0.39, 0.29) is 23.4 Å². The van der Waals surface area contributed by atoms with Crippen LogP contribution in [0.5, 0.6) is 0 Å². The number of carboxylic acid groups (broad SMARTS) is 1. The average Bonchev–Trinajstić information content (AvgIpc) is 2.60. The summed E-state index contributed by atoms with van der Waals surface area (Å²) < 4.78 is 26.3. The Kier molecular flexibility index (Phi) is 6.98. The van der Waals surface area contributed by atoms with Gasteiger partial charge in [0.1, 0.15) is 0 Å². The molecule has 1 aliphatic rings. The number of carbonyl (C=O) groups is 2. The predicted molar refractivity (Wildman–Crippen MR) is 97.4 cm³/mol. The van der Waals surface area contributed by atoms with Gasteiger partial charge >= 0.3 is 12.0 Å². The third-order valence-electron chi connectivity index (χ3n) is 4.25. The molecule has 0 radical (unpaired) electrons. The van der Waals surface area contributed by atoms with Gasteiger partial charge in [0.25, 0.3) is 0 Å². The monoisotopic (exact) mass is 383 g/mol. The van der Waals surface area contributed by atoms with Gasteiger partial charge < -0.3 is 15.3 Å². The van der Waals surface area contributed by atoms with Gasteiger partial charge in [-0.25, -0.2) is 22.7 Å². The molecule has 1 aromatic carbocycles. The van der Waals surface area contributed by atoms with Crippen molar-refractivity contribution in [2.45, 2.75) is 38.8 Å². The Labute approximate surface area is 153 Å². The summed E-state index contributed by atoms with van der Waals surface area (Å²) in [6.07, 6.45) is 1.75. The van der Waals surface area contributed by atoms with Gasteiger partial charge in [0, 0.05) is 25.7 Å². The Balaban J connectivity index is 1.77. The molecule has 26 heavy (non-hydrogen) atoms. The molecule has 1 saturated heterocycles. The van der Waals surface area contributed by atoms with E-state index in [0.29, 0.717) is 38.9 Å². The van der Waals surface area contributed by atoms with Gasteiger partial charge in [-0.2, -0.15) is 0 Å². The lowest BCUT2D eigenvalue weighted by atomic mass is 10.1. The van der Waals surface area contributed by atoms with E-state index in [2.05, 4.69) is 10.0 Å². The second kappa shape index (κ2) is 9.00. The van der Waals surface area contributed by atoms with Crippen LogP contribution in [0.25, 0.3) is 0 Å². The number of rotatable bonds is 7. The topological polar surface area (TPSA) is 116 Å². The van der Waals surface area contributed by atoms with E-state index in [4.69, 9.17) is 5.11 Å². The lowest BCUT2D eigenvalue weighted by molar-refractivity contribution is 0.0696. The summed E-state index contributed by atoms with van der Waals surface area (Å²) in [7, 11) is -3.24. The van der Waals surface area contributed by atoms with Crippen LogP contribution in [0.3, 0.4) is 0 Å². The van der Waals surface area contributed by atoms with Crippen LogP contribution in [0, 0.1) is 0 Å². The van der Waals surface area contributed by atoms with Crippen molar-refractivity contribution < 1.29 is 23.1 Å². The van der Waals surface area contributed by atoms with E-state index < -0.39 is 16.0 Å². The van der Waals surface area contributed by atoms with Crippen molar-refractivity contribution in [2.75, 3.05) is 18.8 Å². The Hall–Kier alpha value is -2.13. The van der Waals surface area contributed by atoms with Crippen molar-refractivity contribution in [3.05, 3.63) is 35.4 Å². The molecular weight excluding hydrogens is 358 g/mol. The highest BCUT2D eigenvalue weighted by molar-refractivity contribution is 7.89. The standard InChI is InChI=1S/C17H25N3O5S/c1-2-11-26(24,25)19-15-7-9-20(10-8-15)17(23)18-12-13-3-5-14(6-4-13)16(21)22/h3-6,15,19H,2,7-12H2,1H3,(H,18,23)(H,21,22). The van der Waals surface area contributed by atoms with Crippen LogP contribution in [-0.4, -0.2) is 55.3 Å². The molecule has 0 spiro atoms. The maximum Gasteiger partial charge on any atom is 0.335 e. The zero-order valence-electron chi connectivity index (χ0n) is 14.8. The molecule has 3 N–H and O–H groups in total. The lowest BCUT2D eigenvalue weighted by Crippen LogP contribution is -2.49. The zero-order valence-corrected chi connectivity index (χ0v) is 15.6.